The van der Waals surface area contributed by atoms with Gasteiger partial charge in [-0.2, -0.15) is 10.2 Å². The molecular formula is C23H32IN7O. The molecule has 8 nitrogen and oxygen atoms in total. The predicted octanol–water partition coefficient (Wildman–Crippen LogP) is 3.11. The van der Waals surface area contributed by atoms with Crippen LogP contribution < -0.4 is 5.32 Å². The van der Waals surface area contributed by atoms with E-state index in [0.29, 0.717) is 6.61 Å². The van der Waals surface area contributed by atoms with Crippen molar-refractivity contribution < 1.29 is 4.74 Å². The summed E-state index contributed by atoms with van der Waals surface area (Å²) in [7, 11) is 3.76. The third-order valence-corrected chi connectivity index (χ3v) is 5.60. The highest BCUT2D eigenvalue weighted by Crippen LogP contribution is 2.21. The zero-order valence-electron chi connectivity index (χ0n) is 18.9. The summed E-state index contributed by atoms with van der Waals surface area (Å²) in [6.07, 6.45) is 8.04. The lowest BCUT2D eigenvalue weighted by atomic mass is 10.1. The number of morpholine rings is 1. The topological polar surface area (TPSA) is 72.5 Å². The van der Waals surface area contributed by atoms with Crippen molar-refractivity contribution in [2.45, 2.75) is 25.9 Å². The largest absolute Gasteiger partial charge is 0.370 e. The SMILES string of the molecule is CN=C(NCCCc1cn(-c2ccccc2)nc1C)N1CCOC(c2cnn(C)c2)C1.I. The number of benzene rings is 1. The zero-order chi connectivity index (χ0) is 21.6. The number of aryl methyl sites for hydroxylation is 3. The molecule has 1 atom stereocenters. The Labute approximate surface area is 206 Å². The van der Waals surface area contributed by atoms with Crippen molar-refractivity contribution in [3.05, 3.63) is 65.7 Å². The fourth-order valence-corrected chi connectivity index (χ4v) is 3.92. The second-order valence-electron chi connectivity index (χ2n) is 7.85. The maximum absolute atomic E-state index is 5.95. The van der Waals surface area contributed by atoms with Crippen molar-refractivity contribution in [3.8, 4) is 5.69 Å². The van der Waals surface area contributed by atoms with Crippen LogP contribution in [0.2, 0.25) is 0 Å². The van der Waals surface area contributed by atoms with Gasteiger partial charge >= 0.3 is 0 Å². The maximum Gasteiger partial charge on any atom is 0.193 e. The lowest BCUT2D eigenvalue weighted by molar-refractivity contribution is -0.00801. The number of nitrogens with one attached hydrogen (secondary N) is 1. The number of hydrogen-bond acceptors (Lipinski definition) is 4. The summed E-state index contributed by atoms with van der Waals surface area (Å²) in [4.78, 5) is 6.75. The van der Waals surface area contributed by atoms with Gasteiger partial charge in [0.05, 0.1) is 30.7 Å². The molecule has 1 aliphatic rings. The Hall–Kier alpha value is -2.40. The Kier molecular flexibility index (Phi) is 8.68. The zero-order valence-corrected chi connectivity index (χ0v) is 21.3. The summed E-state index contributed by atoms with van der Waals surface area (Å²) >= 11 is 0. The molecule has 1 fully saturated rings. The summed E-state index contributed by atoms with van der Waals surface area (Å²) in [5.74, 6) is 0.925. The first kappa shape index (κ1) is 24.2. The maximum atomic E-state index is 5.95. The highest BCUT2D eigenvalue weighted by Gasteiger charge is 2.25. The first-order chi connectivity index (χ1) is 15.1. The standard InChI is InChI=1S/C23H31N7O.HI/c1-18-19(16-30(27-18)21-9-5-4-6-10-21)8-7-11-25-23(24-2)29-12-13-31-22(17-29)20-14-26-28(3)15-20;/h4-6,9-10,14-16,22H,7-8,11-13,17H2,1-3H3,(H,24,25);1H. The third kappa shape index (κ3) is 5.89. The molecule has 0 aliphatic carbocycles. The molecule has 0 radical (unpaired) electrons. The summed E-state index contributed by atoms with van der Waals surface area (Å²) in [5, 5.41) is 12.4. The number of ether oxygens (including phenoxy) is 1. The van der Waals surface area contributed by atoms with Crippen LogP contribution in [0.3, 0.4) is 0 Å². The number of hydrogen-bond donors (Lipinski definition) is 1. The van der Waals surface area contributed by atoms with Gasteiger partial charge in [-0.1, -0.05) is 18.2 Å². The van der Waals surface area contributed by atoms with Gasteiger partial charge in [0, 0.05) is 45.1 Å². The van der Waals surface area contributed by atoms with E-state index in [2.05, 4.69) is 50.7 Å². The highest BCUT2D eigenvalue weighted by atomic mass is 127. The smallest absolute Gasteiger partial charge is 0.193 e. The van der Waals surface area contributed by atoms with E-state index in [9.17, 15) is 0 Å². The van der Waals surface area contributed by atoms with Crippen LogP contribution in [-0.2, 0) is 18.2 Å². The molecule has 9 heteroatoms. The molecule has 0 saturated carbocycles. The monoisotopic (exact) mass is 549 g/mol. The minimum absolute atomic E-state index is 0. The molecule has 0 amide bonds. The van der Waals surface area contributed by atoms with Crippen LogP contribution >= 0.6 is 24.0 Å². The van der Waals surface area contributed by atoms with Gasteiger partial charge in [0.2, 0.25) is 0 Å². The quantitative estimate of drug-likeness (QED) is 0.222. The molecule has 3 heterocycles. The van der Waals surface area contributed by atoms with Gasteiger partial charge < -0.3 is 15.0 Å². The van der Waals surface area contributed by atoms with E-state index in [0.717, 1.165) is 55.4 Å². The summed E-state index contributed by atoms with van der Waals surface area (Å²) in [5.41, 5.74) is 4.56. The minimum Gasteiger partial charge on any atom is -0.370 e. The van der Waals surface area contributed by atoms with Crippen LogP contribution in [0.1, 0.15) is 29.3 Å². The van der Waals surface area contributed by atoms with Crippen molar-refractivity contribution >= 4 is 29.9 Å². The number of halogens is 1. The molecular weight excluding hydrogens is 517 g/mol. The summed E-state index contributed by atoms with van der Waals surface area (Å²) < 4.78 is 9.72. The molecule has 172 valence electrons. The number of guanidine groups is 1. The number of para-hydroxylation sites is 1. The molecule has 32 heavy (non-hydrogen) atoms. The Morgan fingerprint density at radius 1 is 1.25 bits per heavy atom. The van der Waals surface area contributed by atoms with E-state index < -0.39 is 0 Å². The summed E-state index contributed by atoms with van der Waals surface area (Å²) in [6, 6.07) is 10.2. The van der Waals surface area contributed by atoms with Gasteiger partial charge in [-0.25, -0.2) is 4.68 Å². The van der Waals surface area contributed by atoms with Gasteiger partial charge in [0.25, 0.3) is 0 Å². The summed E-state index contributed by atoms with van der Waals surface area (Å²) in [6.45, 7) is 5.22. The van der Waals surface area contributed by atoms with Crippen LogP contribution in [0, 0.1) is 6.92 Å². The molecule has 1 aromatic carbocycles. The average molecular weight is 549 g/mol. The fraction of sp³-hybridized carbons (Fsp3) is 0.435. The predicted molar refractivity (Wildman–Crippen MR) is 137 cm³/mol. The van der Waals surface area contributed by atoms with Crippen molar-refractivity contribution in [2.24, 2.45) is 12.0 Å². The van der Waals surface area contributed by atoms with Crippen molar-refractivity contribution in [2.75, 3.05) is 33.3 Å². The van der Waals surface area contributed by atoms with Crippen molar-refractivity contribution in [1.29, 1.82) is 0 Å². The van der Waals surface area contributed by atoms with Crippen LogP contribution in [0.25, 0.3) is 5.69 Å². The first-order valence-electron chi connectivity index (χ1n) is 10.8. The molecule has 1 unspecified atom stereocenters. The van der Waals surface area contributed by atoms with Gasteiger partial charge in [0.1, 0.15) is 6.10 Å². The van der Waals surface area contributed by atoms with E-state index in [1.807, 2.05) is 54.1 Å². The Bertz CT molecular complexity index is 1010. The van der Waals surface area contributed by atoms with Gasteiger partial charge in [-0.3, -0.25) is 9.67 Å². The van der Waals surface area contributed by atoms with Gasteiger partial charge in [-0.15, -0.1) is 24.0 Å². The molecule has 0 bridgehead atoms. The Balaban J connectivity index is 0.00000289. The van der Waals surface area contributed by atoms with E-state index in [4.69, 9.17) is 4.74 Å². The molecule has 0 spiro atoms. The van der Waals surface area contributed by atoms with Crippen LogP contribution in [0.15, 0.2) is 53.9 Å². The van der Waals surface area contributed by atoms with Gasteiger partial charge in [-0.05, 0) is 37.5 Å². The van der Waals surface area contributed by atoms with E-state index in [-0.39, 0.29) is 30.1 Å². The number of rotatable bonds is 6. The molecule has 4 rings (SSSR count). The minimum atomic E-state index is 0. The average Bonchev–Trinajstić information content (AvgIpc) is 3.40. The molecule has 1 N–H and O–H groups in total. The molecule has 2 aromatic heterocycles. The van der Waals surface area contributed by atoms with Crippen LogP contribution in [-0.4, -0.2) is 63.7 Å². The van der Waals surface area contributed by atoms with Gasteiger partial charge in [0.15, 0.2) is 5.96 Å². The second-order valence-corrected chi connectivity index (χ2v) is 7.85. The van der Waals surface area contributed by atoms with Crippen molar-refractivity contribution in [1.82, 2.24) is 29.8 Å². The Morgan fingerprint density at radius 2 is 2.06 bits per heavy atom. The molecule has 1 aliphatic heterocycles. The van der Waals surface area contributed by atoms with E-state index in [1.165, 1.54) is 5.56 Å². The number of aromatic nitrogens is 4. The van der Waals surface area contributed by atoms with Crippen LogP contribution in [0.5, 0.6) is 0 Å². The van der Waals surface area contributed by atoms with Crippen LogP contribution in [0.4, 0.5) is 0 Å². The lowest BCUT2D eigenvalue weighted by Crippen LogP contribution is -2.48. The molecule has 3 aromatic rings. The highest BCUT2D eigenvalue weighted by molar-refractivity contribution is 14.0. The Morgan fingerprint density at radius 3 is 2.78 bits per heavy atom. The second kappa shape index (κ2) is 11.5. The molecule has 1 saturated heterocycles. The first-order valence-corrected chi connectivity index (χ1v) is 10.8. The fourth-order valence-electron chi connectivity index (χ4n) is 3.92. The van der Waals surface area contributed by atoms with Crippen molar-refractivity contribution in [3.63, 3.8) is 0 Å². The lowest BCUT2D eigenvalue weighted by Gasteiger charge is -2.34. The number of nitrogens with zero attached hydrogens (tertiary/aromatic N) is 6. The number of aliphatic imine (C=N–C) groups is 1. The van der Waals surface area contributed by atoms with E-state index in [1.54, 1.807) is 0 Å². The third-order valence-electron chi connectivity index (χ3n) is 5.60. The van der Waals surface area contributed by atoms with E-state index >= 15 is 0 Å². The normalized spacial score (nSPS) is 16.7.